The predicted molar refractivity (Wildman–Crippen MR) is 89.0 cm³/mol. The highest BCUT2D eigenvalue weighted by atomic mass is 32.1. The fourth-order valence-corrected chi connectivity index (χ4v) is 5.12. The molecule has 2 atom stereocenters. The second-order valence-electron chi connectivity index (χ2n) is 7.26. The van der Waals surface area contributed by atoms with Crippen LogP contribution in [0.3, 0.4) is 0 Å². The van der Waals surface area contributed by atoms with Crippen LogP contribution in [0.4, 0.5) is 0 Å². The minimum Gasteiger partial charge on any atom is -0.392 e. The number of hydrogen-bond donors (Lipinski definition) is 1. The summed E-state index contributed by atoms with van der Waals surface area (Å²) in [6, 6.07) is 0.473. The van der Waals surface area contributed by atoms with Crippen LogP contribution in [0.5, 0.6) is 0 Å². The quantitative estimate of drug-likeness (QED) is 0.628. The molecule has 1 aliphatic heterocycles. The Balaban J connectivity index is 1.82. The molecule has 1 amide bonds. The lowest BCUT2D eigenvalue weighted by atomic mass is 9.78. The molecule has 2 N–H and O–H groups in total. The van der Waals surface area contributed by atoms with E-state index in [2.05, 4.69) is 4.90 Å². The maximum absolute atomic E-state index is 13.3. The molecule has 0 radical (unpaired) electrons. The van der Waals surface area contributed by atoms with E-state index in [4.69, 9.17) is 18.0 Å². The van der Waals surface area contributed by atoms with Gasteiger partial charge in [0.05, 0.1) is 10.4 Å². The molecule has 2 aliphatic carbocycles. The third kappa shape index (κ3) is 2.71. The van der Waals surface area contributed by atoms with Gasteiger partial charge in [-0.15, -0.1) is 0 Å². The molecule has 3 nitrogen and oxygen atoms in total. The smallest absolute Gasteiger partial charge is 0.235 e. The molecule has 3 aliphatic rings. The number of thiocarbonyl (C=S) groups is 1. The van der Waals surface area contributed by atoms with Crippen molar-refractivity contribution in [2.45, 2.75) is 76.7 Å². The van der Waals surface area contributed by atoms with E-state index in [9.17, 15) is 4.79 Å². The number of likely N-dealkylation sites (tertiary alicyclic amines) is 1. The van der Waals surface area contributed by atoms with Gasteiger partial charge in [-0.1, -0.05) is 50.7 Å². The van der Waals surface area contributed by atoms with Crippen LogP contribution in [0.25, 0.3) is 0 Å². The van der Waals surface area contributed by atoms with E-state index in [0.29, 0.717) is 11.0 Å². The molecule has 0 aromatic rings. The van der Waals surface area contributed by atoms with Gasteiger partial charge in [-0.3, -0.25) is 4.79 Å². The van der Waals surface area contributed by atoms with Gasteiger partial charge in [-0.25, -0.2) is 0 Å². The first-order chi connectivity index (χ1) is 10.1. The van der Waals surface area contributed by atoms with Gasteiger partial charge >= 0.3 is 0 Å². The first kappa shape index (κ1) is 15.3. The number of carbonyl (C=O) groups excluding carboxylic acids is 1. The monoisotopic (exact) mass is 308 g/mol. The highest BCUT2D eigenvalue weighted by Crippen LogP contribution is 2.42. The minimum absolute atomic E-state index is 0.270. The van der Waals surface area contributed by atoms with Gasteiger partial charge < -0.3 is 10.6 Å². The van der Waals surface area contributed by atoms with Gasteiger partial charge in [0.1, 0.15) is 0 Å². The van der Waals surface area contributed by atoms with E-state index in [1.54, 1.807) is 0 Å². The van der Waals surface area contributed by atoms with E-state index in [1.165, 1.54) is 44.9 Å². The maximum atomic E-state index is 13.3. The van der Waals surface area contributed by atoms with Crippen LogP contribution in [0.2, 0.25) is 0 Å². The summed E-state index contributed by atoms with van der Waals surface area (Å²) in [6.45, 7) is 0.929. The number of amides is 1. The first-order valence-electron chi connectivity index (χ1n) is 8.76. The lowest BCUT2D eigenvalue weighted by molar-refractivity contribution is -0.140. The zero-order valence-electron chi connectivity index (χ0n) is 13.0. The number of nitrogens with zero attached hydrogens (tertiary/aromatic N) is 1. The van der Waals surface area contributed by atoms with Crippen molar-refractivity contribution in [3.63, 3.8) is 0 Å². The molecular weight excluding hydrogens is 280 g/mol. The summed E-state index contributed by atoms with van der Waals surface area (Å²) in [5, 5.41) is 0. The van der Waals surface area contributed by atoms with Crippen molar-refractivity contribution in [1.29, 1.82) is 0 Å². The van der Waals surface area contributed by atoms with E-state index in [-0.39, 0.29) is 5.91 Å². The second kappa shape index (κ2) is 6.23. The summed E-state index contributed by atoms with van der Waals surface area (Å²) in [4.78, 5) is 16.0. The standard InChI is InChI=1S/C17H28N2OS/c18-15(21)17(10-5-1-2-6-11-17)16(20)19-12-9-13-7-3-4-8-14(13)19/h13-14H,1-12H2,(H2,18,21). The molecule has 3 rings (SSSR count). The highest BCUT2D eigenvalue weighted by Gasteiger charge is 2.48. The molecule has 2 unspecified atom stereocenters. The summed E-state index contributed by atoms with van der Waals surface area (Å²) in [6.07, 6.45) is 12.6. The number of nitrogens with two attached hydrogens (primary N) is 1. The van der Waals surface area contributed by atoms with Crippen molar-refractivity contribution in [2.75, 3.05) is 6.54 Å². The Labute approximate surface area is 133 Å². The molecule has 0 aromatic heterocycles. The van der Waals surface area contributed by atoms with E-state index >= 15 is 0 Å². The molecule has 2 saturated carbocycles. The maximum Gasteiger partial charge on any atom is 0.235 e. The largest absolute Gasteiger partial charge is 0.392 e. The van der Waals surface area contributed by atoms with Gasteiger partial charge in [0.25, 0.3) is 0 Å². The van der Waals surface area contributed by atoms with Crippen LogP contribution in [0, 0.1) is 11.3 Å². The van der Waals surface area contributed by atoms with Crippen molar-refractivity contribution in [2.24, 2.45) is 17.1 Å². The number of fused-ring (bicyclic) bond motifs is 1. The molecule has 0 aromatic carbocycles. The van der Waals surface area contributed by atoms with Gasteiger partial charge in [0.15, 0.2) is 0 Å². The Bertz CT molecular complexity index is 415. The number of carbonyl (C=O) groups is 1. The van der Waals surface area contributed by atoms with Crippen molar-refractivity contribution >= 4 is 23.1 Å². The van der Waals surface area contributed by atoms with Gasteiger partial charge in [-0.2, -0.15) is 0 Å². The average molecular weight is 308 g/mol. The third-order valence-corrected chi connectivity index (χ3v) is 6.50. The Hall–Kier alpha value is -0.640. The molecule has 1 saturated heterocycles. The molecule has 0 bridgehead atoms. The first-order valence-corrected chi connectivity index (χ1v) is 9.17. The lowest BCUT2D eigenvalue weighted by Gasteiger charge is -2.39. The summed E-state index contributed by atoms with van der Waals surface area (Å²) in [7, 11) is 0. The van der Waals surface area contributed by atoms with Crippen LogP contribution in [0.1, 0.15) is 70.6 Å². The molecule has 118 valence electrons. The topological polar surface area (TPSA) is 46.3 Å². The van der Waals surface area contributed by atoms with Crippen molar-refractivity contribution in [1.82, 2.24) is 4.90 Å². The SMILES string of the molecule is NC(=S)C1(C(=O)N2CCC3CCCCC32)CCCCCC1. The number of hydrogen-bond acceptors (Lipinski definition) is 2. The molecule has 3 fully saturated rings. The van der Waals surface area contributed by atoms with Crippen LogP contribution >= 0.6 is 12.2 Å². The molecule has 1 heterocycles. The van der Waals surface area contributed by atoms with Crippen LogP contribution in [-0.2, 0) is 4.79 Å². The van der Waals surface area contributed by atoms with Crippen LogP contribution < -0.4 is 5.73 Å². The molecule has 21 heavy (non-hydrogen) atoms. The van der Waals surface area contributed by atoms with E-state index < -0.39 is 5.41 Å². The second-order valence-corrected chi connectivity index (χ2v) is 7.70. The summed E-state index contributed by atoms with van der Waals surface area (Å²) in [5.41, 5.74) is 5.56. The Morgan fingerprint density at radius 3 is 2.33 bits per heavy atom. The molecule has 0 spiro atoms. The molecule has 4 heteroatoms. The average Bonchev–Trinajstić information content (AvgIpc) is 2.75. The van der Waals surface area contributed by atoms with Gasteiger partial charge in [0.2, 0.25) is 5.91 Å². The summed E-state index contributed by atoms with van der Waals surface area (Å²) >= 11 is 5.38. The zero-order valence-corrected chi connectivity index (χ0v) is 13.8. The Morgan fingerprint density at radius 2 is 1.67 bits per heavy atom. The zero-order chi connectivity index (χ0) is 14.9. The Kier molecular flexibility index (Phi) is 4.53. The fourth-order valence-electron chi connectivity index (χ4n) is 4.83. The third-order valence-electron chi connectivity index (χ3n) is 6.11. The van der Waals surface area contributed by atoms with Crippen molar-refractivity contribution in [3.8, 4) is 0 Å². The lowest BCUT2D eigenvalue weighted by Crippen LogP contribution is -2.52. The summed E-state index contributed by atoms with van der Waals surface area (Å²) < 4.78 is 0. The highest BCUT2D eigenvalue weighted by molar-refractivity contribution is 7.80. The van der Waals surface area contributed by atoms with Crippen molar-refractivity contribution < 1.29 is 4.79 Å². The van der Waals surface area contributed by atoms with Crippen LogP contribution in [0.15, 0.2) is 0 Å². The van der Waals surface area contributed by atoms with E-state index in [0.717, 1.165) is 38.1 Å². The van der Waals surface area contributed by atoms with Crippen molar-refractivity contribution in [3.05, 3.63) is 0 Å². The predicted octanol–water partition coefficient (Wildman–Crippen LogP) is 3.40. The number of rotatable bonds is 2. The Morgan fingerprint density at radius 1 is 1.00 bits per heavy atom. The normalized spacial score (nSPS) is 32.3. The van der Waals surface area contributed by atoms with Crippen LogP contribution in [-0.4, -0.2) is 28.4 Å². The minimum atomic E-state index is -0.530. The molecular formula is C17H28N2OS. The van der Waals surface area contributed by atoms with Gasteiger partial charge in [-0.05, 0) is 38.0 Å². The van der Waals surface area contributed by atoms with E-state index in [1.807, 2.05) is 0 Å². The fraction of sp³-hybridized carbons (Fsp3) is 0.882. The summed E-state index contributed by atoms with van der Waals surface area (Å²) in [5.74, 6) is 1.00. The van der Waals surface area contributed by atoms with Gasteiger partial charge in [0, 0.05) is 12.6 Å².